The van der Waals surface area contributed by atoms with Gasteiger partial charge in [0.05, 0.1) is 6.54 Å². The van der Waals surface area contributed by atoms with E-state index in [4.69, 9.17) is 0 Å². The topological polar surface area (TPSA) is 33.1 Å². The molecule has 0 saturated carbocycles. The van der Waals surface area contributed by atoms with Crippen molar-refractivity contribution in [1.82, 2.24) is 19.8 Å². The summed E-state index contributed by atoms with van der Waals surface area (Å²) in [4.78, 5) is 8.32. The van der Waals surface area contributed by atoms with Crippen LogP contribution in [0.2, 0.25) is 0 Å². The van der Waals surface area contributed by atoms with Crippen molar-refractivity contribution in [3.8, 4) is 0 Å². The minimum absolute atomic E-state index is 0.547. The Hall–Kier alpha value is -1.17. The van der Waals surface area contributed by atoms with Crippen LogP contribution in [0.15, 0.2) is 29.9 Å². The molecule has 0 amide bonds. The second-order valence-electron chi connectivity index (χ2n) is 5.07. The molecule has 2 aromatic rings. The van der Waals surface area contributed by atoms with Crippen LogP contribution in [-0.4, -0.2) is 33.6 Å². The Balaban J connectivity index is 1.47. The maximum Gasteiger partial charge on any atom is 0.122 e. The van der Waals surface area contributed by atoms with Gasteiger partial charge in [0.25, 0.3) is 0 Å². The van der Waals surface area contributed by atoms with Crippen LogP contribution < -0.4 is 5.32 Å². The quantitative estimate of drug-likeness (QED) is 0.906. The highest BCUT2D eigenvalue weighted by Crippen LogP contribution is 2.13. The fourth-order valence-corrected chi connectivity index (χ4v) is 3.19. The first-order valence-corrected chi connectivity index (χ1v) is 7.68. The second-order valence-corrected chi connectivity index (χ2v) is 6.10. The Bertz CT molecular complexity index is 505. The highest BCUT2D eigenvalue weighted by Gasteiger charge is 2.20. The molecule has 5 heteroatoms. The summed E-state index contributed by atoms with van der Waals surface area (Å²) in [5.41, 5.74) is 0. The Kier molecular flexibility index (Phi) is 3.96. The first kappa shape index (κ1) is 12.8. The molecule has 4 nitrogen and oxygen atoms in total. The van der Waals surface area contributed by atoms with Gasteiger partial charge in [0.15, 0.2) is 0 Å². The van der Waals surface area contributed by atoms with Crippen LogP contribution in [0.25, 0.3) is 0 Å². The zero-order valence-electron chi connectivity index (χ0n) is 11.2. The van der Waals surface area contributed by atoms with Crippen LogP contribution in [0.1, 0.15) is 17.6 Å². The van der Waals surface area contributed by atoms with E-state index in [9.17, 15) is 0 Å². The normalized spacial score (nSPS) is 17.3. The predicted octanol–water partition coefficient (Wildman–Crippen LogP) is 1.94. The number of thiophene rings is 1. The third-order valence-electron chi connectivity index (χ3n) is 3.72. The minimum atomic E-state index is 0.547. The Morgan fingerprint density at radius 2 is 2.42 bits per heavy atom. The van der Waals surface area contributed by atoms with Crippen molar-refractivity contribution in [3.63, 3.8) is 0 Å². The second kappa shape index (κ2) is 5.86. The van der Waals surface area contributed by atoms with E-state index in [1.165, 1.54) is 10.7 Å². The summed E-state index contributed by atoms with van der Waals surface area (Å²) in [7, 11) is 0. The number of fused-ring (bicyclic) bond motifs is 1. The average Bonchev–Trinajstić information content (AvgIpc) is 3.08. The smallest absolute Gasteiger partial charge is 0.122 e. The number of nitrogens with zero attached hydrogens (tertiary/aromatic N) is 3. The van der Waals surface area contributed by atoms with Crippen molar-refractivity contribution in [2.24, 2.45) is 0 Å². The number of hydrogen-bond acceptors (Lipinski definition) is 4. The highest BCUT2D eigenvalue weighted by atomic mass is 32.1. The molecule has 19 heavy (non-hydrogen) atoms. The summed E-state index contributed by atoms with van der Waals surface area (Å²) < 4.78 is 2.25. The number of imidazole rings is 1. The van der Waals surface area contributed by atoms with Gasteiger partial charge in [-0.2, -0.15) is 0 Å². The minimum Gasteiger partial charge on any atom is -0.333 e. The van der Waals surface area contributed by atoms with Gasteiger partial charge in [-0.05, 0) is 18.4 Å². The summed E-state index contributed by atoms with van der Waals surface area (Å²) in [6.07, 6.45) is 3.98. The lowest BCUT2D eigenvalue weighted by Gasteiger charge is -2.32. The number of nitrogens with one attached hydrogen (secondary N) is 1. The van der Waals surface area contributed by atoms with Gasteiger partial charge >= 0.3 is 0 Å². The van der Waals surface area contributed by atoms with E-state index in [1.807, 2.05) is 17.5 Å². The summed E-state index contributed by atoms with van der Waals surface area (Å²) in [5.74, 6) is 1.19. The van der Waals surface area contributed by atoms with Crippen LogP contribution in [0.5, 0.6) is 0 Å². The third kappa shape index (κ3) is 3.05. The molecule has 1 aliphatic heterocycles. The molecule has 2 aromatic heterocycles. The fraction of sp³-hybridized carbons (Fsp3) is 0.500. The number of rotatable bonds is 5. The molecule has 1 N–H and O–H groups in total. The van der Waals surface area contributed by atoms with E-state index in [1.54, 1.807) is 0 Å². The van der Waals surface area contributed by atoms with Crippen LogP contribution in [0.4, 0.5) is 0 Å². The highest BCUT2D eigenvalue weighted by molar-refractivity contribution is 7.09. The van der Waals surface area contributed by atoms with Gasteiger partial charge in [0, 0.05) is 49.5 Å². The molecule has 0 saturated heterocycles. The van der Waals surface area contributed by atoms with Crippen molar-refractivity contribution < 1.29 is 0 Å². The third-order valence-corrected chi connectivity index (χ3v) is 4.59. The van der Waals surface area contributed by atoms with E-state index in [0.717, 1.165) is 32.7 Å². The van der Waals surface area contributed by atoms with Gasteiger partial charge in [-0.3, -0.25) is 4.90 Å². The summed E-state index contributed by atoms with van der Waals surface area (Å²) in [6, 6.07) is 4.83. The molecule has 0 fully saturated rings. The molecule has 0 bridgehead atoms. The van der Waals surface area contributed by atoms with Gasteiger partial charge in [-0.1, -0.05) is 6.07 Å². The van der Waals surface area contributed by atoms with Crippen LogP contribution in [0, 0.1) is 0 Å². The van der Waals surface area contributed by atoms with E-state index in [2.05, 4.69) is 50.4 Å². The van der Waals surface area contributed by atoms with Gasteiger partial charge in [0.1, 0.15) is 5.82 Å². The van der Waals surface area contributed by atoms with Gasteiger partial charge < -0.3 is 9.88 Å². The largest absolute Gasteiger partial charge is 0.333 e. The molecule has 3 heterocycles. The SMILES string of the molecule is CC(CNCc1cccs1)N1CCn2ccnc2C1. The standard InChI is InChI=1S/C14H20N4S/c1-12(9-15-10-13-3-2-8-19-13)18-7-6-17-5-4-16-14(17)11-18/h2-5,8,12,15H,6-7,9-11H2,1H3. The number of aromatic nitrogens is 2. The van der Waals surface area contributed by atoms with Crippen molar-refractivity contribution in [1.29, 1.82) is 0 Å². The van der Waals surface area contributed by atoms with Gasteiger partial charge in [-0.25, -0.2) is 4.98 Å². The molecular formula is C14H20N4S. The zero-order chi connectivity index (χ0) is 13.1. The van der Waals surface area contributed by atoms with E-state index in [-0.39, 0.29) is 0 Å². The molecule has 1 unspecified atom stereocenters. The predicted molar refractivity (Wildman–Crippen MR) is 78.1 cm³/mol. The van der Waals surface area contributed by atoms with E-state index in [0.29, 0.717) is 6.04 Å². The first-order valence-electron chi connectivity index (χ1n) is 6.80. The van der Waals surface area contributed by atoms with Crippen molar-refractivity contribution >= 4 is 11.3 Å². The number of hydrogen-bond donors (Lipinski definition) is 1. The maximum absolute atomic E-state index is 4.41. The first-order chi connectivity index (χ1) is 9.33. The lowest BCUT2D eigenvalue weighted by molar-refractivity contribution is 0.160. The van der Waals surface area contributed by atoms with Crippen molar-refractivity contribution in [3.05, 3.63) is 40.6 Å². The average molecular weight is 276 g/mol. The van der Waals surface area contributed by atoms with Crippen molar-refractivity contribution in [2.75, 3.05) is 13.1 Å². The molecule has 0 spiro atoms. The van der Waals surface area contributed by atoms with E-state index >= 15 is 0 Å². The van der Waals surface area contributed by atoms with Crippen molar-refractivity contribution in [2.45, 2.75) is 32.6 Å². The van der Waals surface area contributed by atoms with Crippen LogP contribution in [0.3, 0.4) is 0 Å². The van der Waals surface area contributed by atoms with Gasteiger partial charge in [-0.15, -0.1) is 11.3 Å². The Morgan fingerprint density at radius 3 is 3.26 bits per heavy atom. The van der Waals surface area contributed by atoms with Crippen LogP contribution in [-0.2, 0) is 19.6 Å². The fourth-order valence-electron chi connectivity index (χ4n) is 2.51. The van der Waals surface area contributed by atoms with Crippen LogP contribution >= 0.6 is 11.3 Å². The molecule has 0 aliphatic carbocycles. The lowest BCUT2D eigenvalue weighted by Crippen LogP contribution is -2.44. The molecule has 0 aromatic carbocycles. The Morgan fingerprint density at radius 1 is 1.47 bits per heavy atom. The van der Waals surface area contributed by atoms with Gasteiger partial charge in [0.2, 0.25) is 0 Å². The molecular weight excluding hydrogens is 256 g/mol. The molecule has 1 aliphatic rings. The molecule has 102 valence electrons. The molecule has 1 atom stereocenters. The Labute approximate surface area is 118 Å². The zero-order valence-corrected chi connectivity index (χ0v) is 12.1. The molecule has 3 rings (SSSR count). The molecule has 0 radical (unpaired) electrons. The lowest BCUT2D eigenvalue weighted by atomic mass is 10.2. The summed E-state index contributed by atoms with van der Waals surface area (Å²) >= 11 is 1.81. The summed E-state index contributed by atoms with van der Waals surface area (Å²) in [6.45, 7) is 7.44. The van der Waals surface area contributed by atoms with E-state index < -0.39 is 0 Å². The maximum atomic E-state index is 4.41. The monoisotopic (exact) mass is 276 g/mol. The summed E-state index contributed by atoms with van der Waals surface area (Å²) in [5, 5.41) is 5.67.